The van der Waals surface area contributed by atoms with Crippen LogP contribution in [0.3, 0.4) is 0 Å². The summed E-state index contributed by atoms with van der Waals surface area (Å²) in [6.45, 7) is 3.45. The van der Waals surface area contributed by atoms with Gasteiger partial charge in [0.15, 0.2) is 6.10 Å². The highest BCUT2D eigenvalue weighted by molar-refractivity contribution is 5.81. The van der Waals surface area contributed by atoms with Gasteiger partial charge in [0, 0.05) is 6.07 Å². The number of benzene rings is 1. The van der Waals surface area contributed by atoms with Crippen LogP contribution in [-0.4, -0.2) is 11.9 Å². The van der Waals surface area contributed by atoms with Crippen LogP contribution in [0.25, 0.3) is 0 Å². The fourth-order valence-corrected chi connectivity index (χ4v) is 0.955. The summed E-state index contributed by atoms with van der Waals surface area (Å²) in [5.74, 6) is -0.0114. The van der Waals surface area contributed by atoms with E-state index in [1.54, 1.807) is 13.0 Å². The highest BCUT2D eigenvalue weighted by Crippen LogP contribution is 2.19. The number of hydrogen-bond donors (Lipinski definition) is 2. The second-order valence-corrected chi connectivity index (χ2v) is 3.13. The maximum atomic E-state index is 12.8. The van der Waals surface area contributed by atoms with Gasteiger partial charge in [-0.15, -0.1) is 0 Å². The van der Waals surface area contributed by atoms with E-state index in [0.29, 0.717) is 5.75 Å². The first kappa shape index (κ1) is 10.5. The number of nitrogens with two attached hydrogens (primary N) is 1. The second-order valence-electron chi connectivity index (χ2n) is 3.13. The van der Waals surface area contributed by atoms with Gasteiger partial charge in [-0.25, -0.2) is 4.39 Å². The second kappa shape index (κ2) is 4.09. The molecule has 0 radical (unpaired) electrons. The summed E-state index contributed by atoms with van der Waals surface area (Å²) in [5, 5.41) is 7.13. The third-order valence-corrected chi connectivity index (χ3v) is 1.89. The van der Waals surface area contributed by atoms with Crippen molar-refractivity contribution in [3.8, 4) is 5.75 Å². The minimum Gasteiger partial charge on any atom is -0.482 e. The highest BCUT2D eigenvalue weighted by atomic mass is 19.1. The molecule has 0 fully saturated rings. The Hall–Kier alpha value is -1.58. The summed E-state index contributed by atoms with van der Waals surface area (Å²) in [5.41, 5.74) is 6.06. The van der Waals surface area contributed by atoms with E-state index in [-0.39, 0.29) is 11.7 Å². The van der Waals surface area contributed by atoms with Crippen LogP contribution in [0.2, 0.25) is 0 Å². The number of nitrogens with one attached hydrogen (secondary N) is 1. The summed E-state index contributed by atoms with van der Waals surface area (Å²) in [6.07, 6.45) is -0.532. The van der Waals surface area contributed by atoms with E-state index in [1.807, 2.05) is 6.92 Å². The van der Waals surface area contributed by atoms with Crippen molar-refractivity contribution < 1.29 is 9.13 Å². The molecule has 0 amide bonds. The van der Waals surface area contributed by atoms with Crippen molar-refractivity contribution in [2.75, 3.05) is 0 Å². The molecule has 0 saturated carbocycles. The van der Waals surface area contributed by atoms with Gasteiger partial charge in [-0.1, -0.05) is 6.07 Å². The molecule has 0 heterocycles. The van der Waals surface area contributed by atoms with E-state index >= 15 is 0 Å². The third kappa shape index (κ3) is 2.45. The summed E-state index contributed by atoms with van der Waals surface area (Å²) in [6, 6.07) is 4.27. The van der Waals surface area contributed by atoms with Gasteiger partial charge in [0.2, 0.25) is 0 Å². The lowest BCUT2D eigenvalue weighted by Crippen LogP contribution is -2.30. The molecule has 1 unspecified atom stereocenters. The highest BCUT2D eigenvalue weighted by Gasteiger charge is 2.09. The number of rotatable bonds is 3. The van der Waals surface area contributed by atoms with Gasteiger partial charge in [0.1, 0.15) is 17.4 Å². The number of halogens is 1. The molecule has 14 heavy (non-hydrogen) atoms. The molecule has 76 valence electrons. The Morgan fingerprint density at radius 1 is 1.57 bits per heavy atom. The van der Waals surface area contributed by atoms with Crippen LogP contribution < -0.4 is 10.5 Å². The van der Waals surface area contributed by atoms with Crippen LogP contribution in [0.4, 0.5) is 4.39 Å². The molecule has 0 saturated heterocycles. The first-order valence-electron chi connectivity index (χ1n) is 4.27. The standard InChI is InChI=1S/C10H13FN2O/c1-6-3-4-8(11)5-9(6)14-7(2)10(12)13/h3-5,7H,1-2H3,(H3,12,13). The molecule has 0 aliphatic heterocycles. The average Bonchev–Trinajstić information content (AvgIpc) is 2.11. The quantitative estimate of drug-likeness (QED) is 0.572. The molecule has 1 aromatic carbocycles. The maximum Gasteiger partial charge on any atom is 0.152 e. The van der Waals surface area contributed by atoms with Crippen molar-refractivity contribution in [2.45, 2.75) is 20.0 Å². The van der Waals surface area contributed by atoms with Gasteiger partial charge in [0.25, 0.3) is 0 Å². The minimum absolute atomic E-state index is 0.0753. The monoisotopic (exact) mass is 196 g/mol. The zero-order valence-electron chi connectivity index (χ0n) is 8.17. The SMILES string of the molecule is Cc1ccc(F)cc1OC(C)C(=N)N. The smallest absolute Gasteiger partial charge is 0.152 e. The Labute approximate surface area is 82.2 Å². The first-order valence-corrected chi connectivity index (χ1v) is 4.27. The lowest BCUT2D eigenvalue weighted by molar-refractivity contribution is 0.281. The van der Waals surface area contributed by atoms with Gasteiger partial charge < -0.3 is 10.5 Å². The number of aryl methyl sites for hydroxylation is 1. The van der Waals surface area contributed by atoms with Gasteiger partial charge in [-0.2, -0.15) is 0 Å². The van der Waals surface area contributed by atoms with Gasteiger partial charge in [-0.3, -0.25) is 5.41 Å². The van der Waals surface area contributed by atoms with E-state index in [9.17, 15) is 4.39 Å². The number of ether oxygens (including phenoxy) is 1. The molecule has 3 N–H and O–H groups in total. The molecule has 1 atom stereocenters. The van der Waals surface area contributed by atoms with Crippen molar-refractivity contribution in [3.05, 3.63) is 29.6 Å². The van der Waals surface area contributed by atoms with E-state index in [4.69, 9.17) is 15.9 Å². The van der Waals surface area contributed by atoms with Crippen LogP contribution in [0.1, 0.15) is 12.5 Å². The molecule has 1 aromatic rings. The van der Waals surface area contributed by atoms with Crippen LogP contribution in [0.5, 0.6) is 5.75 Å². The Morgan fingerprint density at radius 2 is 2.21 bits per heavy atom. The zero-order chi connectivity index (χ0) is 10.7. The predicted octanol–water partition coefficient (Wildman–Crippen LogP) is 1.84. The molecule has 3 nitrogen and oxygen atoms in total. The zero-order valence-corrected chi connectivity index (χ0v) is 8.17. The molecule has 0 aromatic heterocycles. The number of hydrogen-bond acceptors (Lipinski definition) is 2. The summed E-state index contributed by atoms with van der Waals surface area (Å²) < 4.78 is 18.1. The van der Waals surface area contributed by atoms with Crippen molar-refractivity contribution >= 4 is 5.84 Å². The molecule has 4 heteroatoms. The predicted molar refractivity (Wildman–Crippen MR) is 53.1 cm³/mol. The average molecular weight is 196 g/mol. The molecule has 0 aliphatic carbocycles. The van der Waals surface area contributed by atoms with E-state index in [0.717, 1.165) is 5.56 Å². The minimum atomic E-state index is -0.532. The fourth-order valence-electron chi connectivity index (χ4n) is 0.955. The van der Waals surface area contributed by atoms with Gasteiger partial charge in [-0.05, 0) is 25.5 Å². The molecular weight excluding hydrogens is 183 g/mol. The van der Waals surface area contributed by atoms with Crippen molar-refractivity contribution in [3.63, 3.8) is 0 Å². The Balaban J connectivity index is 2.85. The third-order valence-electron chi connectivity index (χ3n) is 1.89. The van der Waals surface area contributed by atoms with Crippen LogP contribution >= 0.6 is 0 Å². The van der Waals surface area contributed by atoms with Crippen molar-refractivity contribution in [1.82, 2.24) is 0 Å². The number of amidine groups is 1. The Morgan fingerprint density at radius 3 is 2.79 bits per heavy atom. The largest absolute Gasteiger partial charge is 0.482 e. The van der Waals surface area contributed by atoms with E-state index in [1.165, 1.54) is 12.1 Å². The summed E-state index contributed by atoms with van der Waals surface area (Å²) in [4.78, 5) is 0. The summed E-state index contributed by atoms with van der Waals surface area (Å²) in [7, 11) is 0. The van der Waals surface area contributed by atoms with Crippen molar-refractivity contribution in [2.24, 2.45) is 5.73 Å². The van der Waals surface area contributed by atoms with Crippen molar-refractivity contribution in [1.29, 1.82) is 5.41 Å². The lowest BCUT2D eigenvalue weighted by Gasteiger charge is -2.14. The van der Waals surface area contributed by atoms with Crippen LogP contribution in [0.15, 0.2) is 18.2 Å². The Bertz CT molecular complexity index is 352. The summed E-state index contributed by atoms with van der Waals surface area (Å²) >= 11 is 0. The normalized spacial score (nSPS) is 12.2. The van der Waals surface area contributed by atoms with E-state index in [2.05, 4.69) is 0 Å². The first-order chi connectivity index (χ1) is 6.50. The molecule has 0 bridgehead atoms. The Kier molecular flexibility index (Phi) is 3.06. The van der Waals surface area contributed by atoms with Crippen LogP contribution in [-0.2, 0) is 0 Å². The topological polar surface area (TPSA) is 59.1 Å². The van der Waals surface area contributed by atoms with Gasteiger partial charge >= 0.3 is 0 Å². The van der Waals surface area contributed by atoms with Gasteiger partial charge in [0.05, 0.1) is 0 Å². The molecule has 0 aliphatic rings. The molecular formula is C10H13FN2O. The lowest BCUT2D eigenvalue weighted by atomic mass is 10.2. The van der Waals surface area contributed by atoms with Crippen LogP contribution in [0, 0.1) is 18.2 Å². The molecule has 1 rings (SSSR count). The maximum absolute atomic E-state index is 12.8. The fraction of sp³-hybridized carbons (Fsp3) is 0.300. The molecule has 0 spiro atoms. The van der Waals surface area contributed by atoms with E-state index < -0.39 is 6.10 Å².